The molecule has 0 spiro atoms. The van der Waals surface area contributed by atoms with Gasteiger partial charge in [-0.2, -0.15) is 0 Å². The number of likely N-dealkylation sites (N-methyl/N-ethyl adjacent to an activating group) is 1. The predicted octanol–water partition coefficient (Wildman–Crippen LogP) is 6.18. The van der Waals surface area contributed by atoms with Gasteiger partial charge in [-0.05, 0) is 98.2 Å². The fourth-order valence-corrected chi connectivity index (χ4v) is 8.46. The first-order chi connectivity index (χ1) is 23.0. The second-order valence-electron chi connectivity index (χ2n) is 12.5. The molecule has 2 aliphatic rings. The Kier molecular flexibility index (Phi) is 10.0. The van der Waals surface area contributed by atoms with Gasteiger partial charge >= 0.3 is 0 Å². The van der Waals surface area contributed by atoms with Gasteiger partial charge in [0.1, 0.15) is 17.1 Å². The lowest BCUT2D eigenvalue weighted by Crippen LogP contribution is -2.28. The van der Waals surface area contributed by atoms with E-state index in [1.807, 2.05) is 0 Å². The van der Waals surface area contributed by atoms with Crippen LogP contribution >= 0.6 is 11.6 Å². The molecule has 1 fully saturated rings. The molecule has 0 amide bonds. The highest BCUT2D eigenvalue weighted by molar-refractivity contribution is 7.92. The maximum Gasteiger partial charge on any atom is 0.262 e. The second-order valence-corrected chi connectivity index (χ2v) is 14.6. The van der Waals surface area contributed by atoms with E-state index in [0.29, 0.717) is 53.3 Å². The Bertz CT molecular complexity index is 1950. The van der Waals surface area contributed by atoms with Crippen molar-refractivity contribution < 1.29 is 31.8 Å². The van der Waals surface area contributed by atoms with Crippen molar-refractivity contribution in [1.82, 2.24) is 14.9 Å². The Morgan fingerprint density at radius 3 is 2.71 bits per heavy atom. The molecule has 6 rings (SSSR count). The van der Waals surface area contributed by atoms with E-state index in [2.05, 4.69) is 32.0 Å². The van der Waals surface area contributed by atoms with Crippen molar-refractivity contribution in [1.29, 1.82) is 0 Å². The number of aliphatic hydroxyl groups is 1. The minimum Gasteiger partial charge on any atom is -0.494 e. The first kappa shape index (κ1) is 34.3. The van der Waals surface area contributed by atoms with Crippen LogP contribution in [0.25, 0.3) is 22.0 Å². The predicted molar refractivity (Wildman–Crippen MR) is 181 cm³/mol. The third kappa shape index (κ3) is 7.06. The van der Waals surface area contributed by atoms with Crippen LogP contribution in [0.4, 0.5) is 20.4 Å². The van der Waals surface area contributed by atoms with Gasteiger partial charge in [0.2, 0.25) is 5.95 Å². The normalized spacial score (nSPS) is 19.2. The zero-order chi connectivity index (χ0) is 34.2. The van der Waals surface area contributed by atoms with Gasteiger partial charge in [-0.3, -0.25) is 4.72 Å². The van der Waals surface area contributed by atoms with Crippen LogP contribution < -0.4 is 14.8 Å². The first-order valence-electron chi connectivity index (χ1n) is 15.8. The maximum atomic E-state index is 16.1. The molecule has 2 aliphatic carbocycles. The van der Waals surface area contributed by atoms with E-state index in [0.717, 1.165) is 44.5 Å². The number of anilines is 2. The monoisotopic (exact) mass is 701 g/mol. The van der Waals surface area contributed by atoms with Crippen LogP contribution in [0, 0.1) is 17.6 Å². The summed E-state index contributed by atoms with van der Waals surface area (Å²) in [5.41, 5.74) is 0.504. The van der Waals surface area contributed by atoms with Crippen molar-refractivity contribution in [3.63, 3.8) is 0 Å². The smallest absolute Gasteiger partial charge is 0.262 e. The third-order valence-corrected chi connectivity index (χ3v) is 10.8. The van der Waals surface area contributed by atoms with E-state index < -0.39 is 39.0 Å². The van der Waals surface area contributed by atoms with Gasteiger partial charge in [0.05, 0.1) is 36.0 Å². The van der Waals surface area contributed by atoms with E-state index in [1.165, 1.54) is 31.4 Å². The largest absolute Gasteiger partial charge is 0.494 e. The lowest BCUT2D eigenvalue weighted by Gasteiger charge is -2.20. The van der Waals surface area contributed by atoms with Crippen molar-refractivity contribution in [2.75, 3.05) is 51.0 Å². The molecule has 0 radical (unpaired) electrons. The molecule has 0 saturated heterocycles. The zero-order valence-corrected chi connectivity index (χ0v) is 28.5. The number of nitrogens with one attached hydrogen (secondary N) is 2. The number of rotatable bonds is 12. The van der Waals surface area contributed by atoms with Crippen LogP contribution in [-0.4, -0.2) is 75.4 Å². The molecule has 1 heterocycles. The molecule has 1 aromatic heterocycles. The molecule has 4 aromatic rings. The van der Waals surface area contributed by atoms with Crippen molar-refractivity contribution in [2.45, 2.75) is 49.1 Å². The van der Waals surface area contributed by atoms with Gasteiger partial charge in [-0.25, -0.2) is 27.2 Å². The Labute approximate surface area is 283 Å². The summed E-state index contributed by atoms with van der Waals surface area (Å²) in [5.74, 6) is -0.755. The van der Waals surface area contributed by atoms with Crippen LogP contribution in [0.2, 0.25) is 5.02 Å². The molecule has 0 bridgehead atoms. The standard InChI is InChI=1S/C34H38ClF2N5O5S/c1-42(10-11-46-2)18-19-4-5-23(12-19)39-34-38-17-21-13-20(14-29(47-3)33(21)40-34)31-26(36)7-8-27(32(31)37)41-48(44,45)30-16-22(35)15-25-24(30)6-9-28(25)43/h7-8,13-17,19,23,28,41,43H,4-6,9-12,18H2,1-3H3,(H,38,39,40). The van der Waals surface area contributed by atoms with E-state index in [1.54, 1.807) is 13.3 Å². The summed E-state index contributed by atoms with van der Waals surface area (Å²) >= 11 is 6.17. The molecule has 3 aromatic carbocycles. The van der Waals surface area contributed by atoms with Gasteiger partial charge < -0.3 is 24.8 Å². The molecule has 3 N–H and O–H groups in total. The molecular formula is C34H38ClF2N5O5S. The number of aromatic nitrogens is 2. The summed E-state index contributed by atoms with van der Waals surface area (Å²) in [6.45, 7) is 2.56. The number of benzene rings is 3. The molecule has 3 atom stereocenters. The number of aliphatic hydroxyl groups excluding tert-OH is 1. The van der Waals surface area contributed by atoms with Crippen LogP contribution in [-0.2, 0) is 21.2 Å². The van der Waals surface area contributed by atoms with Crippen LogP contribution in [0.3, 0.4) is 0 Å². The van der Waals surface area contributed by atoms with Crippen LogP contribution in [0.15, 0.2) is 47.5 Å². The number of ether oxygens (including phenoxy) is 2. The summed E-state index contributed by atoms with van der Waals surface area (Å²) in [5, 5.41) is 14.3. The average Bonchev–Trinajstić information content (AvgIpc) is 3.65. The average molecular weight is 702 g/mol. The minimum atomic E-state index is -4.36. The highest BCUT2D eigenvalue weighted by Gasteiger charge is 2.31. The van der Waals surface area contributed by atoms with Gasteiger partial charge in [0.15, 0.2) is 5.82 Å². The summed E-state index contributed by atoms with van der Waals surface area (Å²) in [6.07, 6.45) is 4.43. The van der Waals surface area contributed by atoms with Crippen molar-refractivity contribution in [3.8, 4) is 16.9 Å². The molecule has 256 valence electrons. The minimum absolute atomic E-state index is 0.114. The Balaban J connectivity index is 1.25. The fourth-order valence-electron chi connectivity index (χ4n) is 6.78. The van der Waals surface area contributed by atoms with Crippen LogP contribution in [0.1, 0.15) is 42.9 Å². The van der Waals surface area contributed by atoms with Gasteiger partial charge in [0.25, 0.3) is 10.0 Å². The maximum absolute atomic E-state index is 16.1. The van der Waals surface area contributed by atoms with E-state index >= 15 is 8.78 Å². The number of nitrogens with zero attached hydrogens (tertiary/aromatic N) is 3. The molecular weight excluding hydrogens is 664 g/mol. The Hall–Kier alpha value is -3.62. The third-order valence-electron chi connectivity index (χ3n) is 9.14. The van der Waals surface area contributed by atoms with Gasteiger partial charge in [-0.15, -0.1) is 0 Å². The number of hydrogen-bond donors (Lipinski definition) is 3. The number of halogens is 3. The van der Waals surface area contributed by atoms with Crippen molar-refractivity contribution in [2.24, 2.45) is 5.92 Å². The summed E-state index contributed by atoms with van der Waals surface area (Å²) in [4.78, 5) is 11.3. The first-order valence-corrected chi connectivity index (χ1v) is 17.6. The van der Waals surface area contributed by atoms with E-state index in [-0.39, 0.29) is 27.3 Å². The number of fused-ring (bicyclic) bond motifs is 2. The zero-order valence-electron chi connectivity index (χ0n) is 26.9. The SMILES string of the molecule is COCCN(C)CC1CCC(Nc2ncc3cc(-c4c(F)ccc(NS(=O)(=O)c5cc(Cl)cc6c5CCC6O)c4F)cc(OC)c3n2)C1. The molecule has 3 unspecified atom stereocenters. The van der Waals surface area contributed by atoms with E-state index in [9.17, 15) is 13.5 Å². The molecule has 0 aliphatic heterocycles. The Morgan fingerprint density at radius 1 is 1.12 bits per heavy atom. The number of sulfonamides is 1. The summed E-state index contributed by atoms with van der Waals surface area (Å²) in [7, 11) is 0.871. The topological polar surface area (TPSA) is 126 Å². The van der Waals surface area contributed by atoms with Crippen molar-refractivity contribution >= 4 is 44.2 Å². The summed E-state index contributed by atoms with van der Waals surface area (Å²) < 4.78 is 71.3. The number of hydrogen-bond acceptors (Lipinski definition) is 9. The number of methoxy groups -OCH3 is 2. The molecule has 48 heavy (non-hydrogen) atoms. The summed E-state index contributed by atoms with van der Waals surface area (Å²) in [6, 6.07) is 8.01. The quantitative estimate of drug-likeness (QED) is 0.159. The van der Waals surface area contributed by atoms with E-state index in [4.69, 9.17) is 21.1 Å². The van der Waals surface area contributed by atoms with Crippen molar-refractivity contribution in [3.05, 3.63) is 70.4 Å². The lowest BCUT2D eigenvalue weighted by molar-refractivity contribution is 0.152. The highest BCUT2D eigenvalue weighted by Crippen LogP contribution is 2.40. The lowest BCUT2D eigenvalue weighted by atomic mass is 10.0. The molecule has 10 nitrogen and oxygen atoms in total. The molecule has 1 saturated carbocycles. The van der Waals surface area contributed by atoms with Gasteiger partial charge in [0, 0.05) is 42.8 Å². The van der Waals surface area contributed by atoms with Crippen LogP contribution in [0.5, 0.6) is 5.75 Å². The highest BCUT2D eigenvalue weighted by atomic mass is 35.5. The van der Waals surface area contributed by atoms with Gasteiger partial charge in [-0.1, -0.05) is 11.6 Å². The Morgan fingerprint density at radius 2 is 1.94 bits per heavy atom. The second kappa shape index (κ2) is 14.1. The molecule has 14 heteroatoms. The fraction of sp³-hybridized carbons (Fsp3) is 0.412.